The summed E-state index contributed by atoms with van der Waals surface area (Å²) in [6, 6.07) is 2.15. The van der Waals surface area contributed by atoms with E-state index in [9.17, 15) is 4.79 Å². The number of carbonyl (C=O) groups is 1. The molecule has 1 aliphatic heterocycles. The van der Waals surface area contributed by atoms with E-state index in [0.717, 1.165) is 42.9 Å². The fourth-order valence-corrected chi connectivity index (χ4v) is 3.48. The molecule has 0 bridgehead atoms. The highest BCUT2D eigenvalue weighted by Crippen LogP contribution is 2.26. The number of benzene rings is 1. The van der Waals surface area contributed by atoms with E-state index in [0.29, 0.717) is 5.92 Å². The van der Waals surface area contributed by atoms with Gasteiger partial charge in [-0.25, -0.2) is 0 Å². The lowest BCUT2D eigenvalue weighted by Gasteiger charge is -2.21. The number of carbonyl (C=O) groups excluding carboxylic acids is 1. The fraction of sp³-hybridized carbons (Fsp3) is 0.588. The smallest absolute Gasteiger partial charge is 0.160 e. The van der Waals surface area contributed by atoms with E-state index in [2.05, 4.69) is 24.8 Å². The second kappa shape index (κ2) is 6.06. The molecule has 0 unspecified atom stereocenters. The van der Waals surface area contributed by atoms with Crippen molar-refractivity contribution in [3.05, 3.63) is 33.9 Å². The van der Waals surface area contributed by atoms with Crippen LogP contribution in [-0.4, -0.2) is 30.3 Å². The molecule has 1 atom stereocenters. The number of ketones is 1. The third-order valence-corrected chi connectivity index (χ3v) is 4.57. The largest absolute Gasteiger partial charge is 0.330 e. The molecule has 2 N–H and O–H groups in total. The number of hydrogen-bond donors (Lipinski definition) is 1. The highest BCUT2D eigenvalue weighted by Gasteiger charge is 2.23. The molecule has 1 aromatic rings. The van der Waals surface area contributed by atoms with Crippen molar-refractivity contribution in [2.24, 2.45) is 11.7 Å². The van der Waals surface area contributed by atoms with Gasteiger partial charge in [-0.15, -0.1) is 0 Å². The second-order valence-electron chi connectivity index (χ2n) is 6.17. The third-order valence-electron chi connectivity index (χ3n) is 4.57. The maximum Gasteiger partial charge on any atom is 0.160 e. The second-order valence-corrected chi connectivity index (χ2v) is 6.17. The van der Waals surface area contributed by atoms with Gasteiger partial charge in [0.15, 0.2) is 5.78 Å². The van der Waals surface area contributed by atoms with Gasteiger partial charge in [0.05, 0.1) is 0 Å². The minimum absolute atomic E-state index is 0.169. The monoisotopic (exact) mass is 274 g/mol. The topological polar surface area (TPSA) is 46.3 Å². The van der Waals surface area contributed by atoms with Crippen molar-refractivity contribution in [2.45, 2.75) is 40.7 Å². The van der Waals surface area contributed by atoms with E-state index >= 15 is 0 Å². The van der Waals surface area contributed by atoms with E-state index in [1.807, 2.05) is 6.92 Å². The van der Waals surface area contributed by atoms with Gasteiger partial charge in [-0.3, -0.25) is 9.69 Å². The lowest BCUT2D eigenvalue weighted by molar-refractivity contribution is 0.101. The maximum absolute atomic E-state index is 11.9. The summed E-state index contributed by atoms with van der Waals surface area (Å²) in [4.78, 5) is 14.3. The molecule has 0 spiro atoms. The van der Waals surface area contributed by atoms with Crippen LogP contribution in [0.25, 0.3) is 0 Å². The van der Waals surface area contributed by atoms with E-state index < -0.39 is 0 Å². The van der Waals surface area contributed by atoms with Crippen LogP contribution in [0.2, 0.25) is 0 Å². The highest BCUT2D eigenvalue weighted by molar-refractivity contribution is 5.97. The third kappa shape index (κ3) is 2.94. The first-order valence-corrected chi connectivity index (χ1v) is 7.47. The van der Waals surface area contributed by atoms with Crippen LogP contribution in [0.4, 0.5) is 0 Å². The summed E-state index contributed by atoms with van der Waals surface area (Å²) in [7, 11) is 0. The van der Waals surface area contributed by atoms with Gasteiger partial charge in [-0.05, 0) is 75.4 Å². The van der Waals surface area contributed by atoms with Gasteiger partial charge in [0.25, 0.3) is 0 Å². The number of nitrogens with two attached hydrogens (primary N) is 1. The minimum Gasteiger partial charge on any atom is -0.330 e. The van der Waals surface area contributed by atoms with Crippen molar-refractivity contribution in [3.63, 3.8) is 0 Å². The number of aryl methyl sites for hydroxylation is 2. The van der Waals surface area contributed by atoms with Crippen molar-refractivity contribution in [1.29, 1.82) is 0 Å². The zero-order valence-electron chi connectivity index (χ0n) is 13.1. The Labute approximate surface area is 122 Å². The molecule has 0 radical (unpaired) electrons. The van der Waals surface area contributed by atoms with Crippen LogP contribution < -0.4 is 5.73 Å². The summed E-state index contributed by atoms with van der Waals surface area (Å²) < 4.78 is 0. The van der Waals surface area contributed by atoms with Gasteiger partial charge in [0.1, 0.15) is 0 Å². The molecule has 1 aromatic carbocycles. The Bertz CT molecular complexity index is 522. The summed E-state index contributed by atoms with van der Waals surface area (Å²) >= 11 is 0. The molecule has 110 valence electrons. The van der Waals surface area contributed by atoms with E-state index in [-0.39, 0.29) is 5.78 Å². The summed E-state index contributed by atoms with van der Waals surface area (Å²) in [5.41, 5.74) is 11.5. The van der Waals surface area contributed by atoms with Crippen LogP contribution in [0.3, 0.4) is 0 Å². The average Bonchev–Trinajstić information content (AvgIpc) is 2.81. The molecule has 1 aliphatic rings. The lowest BCUT2D eigenvalue weighted by Crippen LogP contribution is -2.24. The Morgan fingerprint density at radius 1 is 1.35 bits per heavy atom. The van der Waals surface area contributed by atoms with Crippen LogP contribution in [0.15, 0.2) is 6.07 Å². The molecule has 2 rings (SSSR count). The molecule has 0 aromatic heterocycles. The molecular weight excluding hydrogens is 248 g/mol. The maximum atomic E-state index is 11.9. The number of nitrogens with zero attached hydrogens (tertiary/aromatic N) is 1. The molecule has 3 nitrogen and oxygen atoms in total. The molecular formula is C17H26N2O. The number of hydrogen-bond acceptors (Lipinski definition) is 3. The van der Waals surface area contributed by atoms with Gasteiger partial charge in [-0.2, -0.15) is 0 Å². The summed E-state index contributed by atoms with van der Waals surface area (Å²) in [5, 5.41) is 0. The minimum atomic E-state index is 0.169. The molecule has 3 heteroatoms. The Hall–Kier alpha value is -1.19. The Morgan fingerprint density at radius 3 is 2.60 bits per heavy atom. The van der Waals surface area contributed by atoms with E-state index in [1.54, 1.807) is 6.92 Å². The predicted molar refractivity (Wildman–Crippen MR) is 83.1 cm³/mol. The van der Waals surface area contributed by atoms with E-state index in [1.165, 1.54) is 17.5 Å². The molecule has 1 heterocycles. The highest BCUT2D eigenvalue weighted by atomic mass is 16.1. The summed E-state index contributed by atoms with van der Waals surface area (Å²) in [5.74, 6) is 0.802. The lowest BCUT2D eigenvalue weighted by atomic mass is 9.91. The SMILES string of the molecule is CC(=O)c1c(C)cc(C)c(CN2CC[C@H](CN)C2)c1C. The van der Waals surface area contributed by atoms with Gasteiger partial charge in [0, 0.05) is 18.7 Å². The molecule has 1 fully saturated rings. The van der Waals surface area contributed by atoms with Crippen LogP contribution in [-0.2, 0) is 6.54 Å². The standard InChI is InChI=1S/C17H26N2O/c1-11-7-12(2)17(14(4)20)13(3)16(11)10-19-6-5-15(8-18)9-19/h7,15H,5-6,8-10,18H2,1-4H3/t15-/m1/s1. The fourth-order valence-electron chi connectivity index (χ4n) is 3.48. The summed E-state index contributed by atoms with van der Waals surface area (Å²) in [6.45, 7) is 11.8. The Kier molecular flexibility index (Phi) is 4.61. The van der Waals surface area contributed by atoms with Crippen LogP contribution in [0.1, 0.15) is 46.0 Å². The van der Waals surface area contributed by atoms with Crippen LogP contribution in [0.5, 0.6) is 0 Å². The Morgan fingerprint density at radius 2 is 2.05 bits per heavy atom. The van der Waals surface area contributed by atoms with Gasteiger partial charge < -0.3 is 5.73 Å². The van der Waals surface area contributed by atoms with Crippen molar-refractivity contribution in [2.75, 3.05) is 19.6 Å². The molecule has 0 aliphatic carbocycles. The van der Waals surface area contributed by atoms with Crippen molar-refractivity contribution >= 4 is 5.78 Å². The average molecular weight is 274 g/mol. The van der Waals surface area contributed by atoms with Crippen LogP contribution >= 0.6 is 0 Å². The number of rotatable bonds is 4. The van der Waals surface area contributed by atoms with Crippen molar-refractivity contribution in [3.8, 4) is 0 Å². The molecule has 0 saturated carbocycles. The Balaban J connectivity index is 2.28. The number of Topliss-reactive ketones (excluding diaryl/α,β-unsaturated/α-hetero) is 1. The predicted octanol–water partition coefficient (Wildman–Crippen LogP) is 2.60. The van der Waals surface area contributed by atoms with Crippen LogP contribution in [0, 0.1) is 26.7 Å². The quantitative estimate of drug-likeness (QED) is 0.858. The molecule has 0 amide bonds. The van der Waals surface area contributed by atoms with Gasteiger partial charge in [-0.1, -0.05) is 6.07 Å². The molecule has 1 saturated heterocycles. The normalized spacial score (nSPS) is 19.6. The zero-order valence-corrected chi connectivity index (χ0v) is 13.1. The van der Waals surface area contributed by atoms with Gasteiger partial charge >= 0.3 is 0 Å². The number of likely N-dealkylation sites (tertiary alicyclic amines) is 1. The van der Waals surface area contributed by atoms with Crippen molar-refractivity contribution < 1.29 is 4.79 Å². The first-order valence-electron chi connectivity index (χ1n) is 7.47. The first-order chi connectivity index (χ1) is 9.43. The summed E-state index contributed by atoms with van der Waals surface area (Å²) in [6.07, 6.45) is 1.19. The first kappa shape index (κ1) is 15.2. The zero-order chi connectivity index (χ0) is 14.9. The molecule has 20 heavy (non-hydrogen) atoms. The van der Waals surface area contributed by atoms with Gasteiger partial charge in [0.2, 0.25) is 0 Å². The van der Waals surface area contributed by atoms with E-state index in [4.69, 9.17) is 5.73 Å². The van der Waals surface area contributed by atoms with Crippen molar-refractivity contribution in [1.82, 2.24) is 4.90 Å².